The summed E-state index contributed by atoms with van der Waals surface area (Å²) in [6, 6.07) is 19.1. The molecule has 4 heteroatoms. The van der Waals surface area contributed by atoms with E-state index < -0.39 is 0 Å². The van der Waals surface area contributed by atoms with Crippen molar-refractivity contribution in [2.45, 2.75) is 32.4 Å². The van der Waals surface area contributed by atoms with Crippen LogP contribution in [-0.2, 0) is 6.54 Å². The van der Waals surface area contributed by atoms with Crippen LogP contribution in [0, 0.1) is 0 Å². The zero-order valence-corrected chi connectivity index (χ0v) is 16.3. The fourth-order valence-corrected chi connectivity index (χ4v) is 4.59. The fourth-order valence-electron chi connectivity index (χ4n) is 3.02. The van der Waals surface area contributed by atoms with Gasteiger partial charge in [-0.25, -0.2) is 0 Å². The third-order valence-corrected chi connectivity index (χ3v) is 5.85. The van der Waals surface area contributed by atoms with Gasteiger partial charge in [0.25, 0.3) is 0 Å². The molecule has 0 aromatic heterocycles. The normalized spacial score (nSPS) is 18.8. The van der Waals surface area contributed by atoms with Crippen LogP contribution in [0.25, 0.3) is 6.08 Å². The third kappa shape index (κ3) is 4.44. The van der Waals surface area contributed by atoms with Gasteiger partial charge in [-0.15, -0.1) is 0 Å². The molecule has 1 aliphatic rings. The van der Waals surface area contributed by atoms with E-state index in [1.54, 1.807) is 18.9 Å². The van der Waals surface area contributed by atoms with Gasteiger partial charge >= 0.3 is 0 Å². The Labute approximate surface area is 159 Å². The number of hydrogen-bond acceptors (Lipinski definition) is 3. The maximum atomic E-state index is 5.70. The van der Waals surface area contributed by atoms with Crippen LogP contribution in [0.3, 0.4) is 0 Å². The van der Waals surface area contributed by atoms with Gasteiger partial charge in [-0.2, -0.15) is 0 Å². The van der Waals surface area contributed by atoms with E-state index in [1.807, 2.05) is 18.2 Å². The zero-order valence-electron chi connectivity index (χ0n) is 14.6. The van der Waals surface area contributed by atoms with Crippen molar-refractivity contribution in [1.82, 2.24) is 4.90 Å². The molecular formula is C21H23NOS2. The molecule has 0 amide bonds. The summed E-state index contributed by atoms with van der Waals surface area (Å²) in [5.41, 5.74) is 2.49. The maximum absolute atomic E-state index is 5.70. The SMILES string of the molecule is CCCC1/C(=C/c2ccccc2)SC(=S)N1Cc1ccc(OC)cc1. The van der Waals surface area contributed by atoms with Crippen LogP contribution in [-0.4, -0.2) is 22.4 Å². The topological polar surface area (TPSA) is 12.5 Å². The smallest absolute Gasteiger partial charge is 0.141 e. The number of ether oxygens (including phenoxy) is 1. The molecule has 0 aliphatic carbocycles. The molecule has 1 heterocycles. The predicted molar refractivity (Wildman–Crippen MR) is 112 cm³/mol. The molecule has 1 saturated heterocycles. The fraction of sp³-hybridized carbons (Fsp3) is 0.286. The highest BCUT2D eigenvalue weighted by atomic mass is 32.2. The quantitative estimate of drug-likeness (QED) is 0.602. The zero-order chi connectivity index (χ0) is 17.6. The van der Waals surface area contributed by atoms with E-state index in [4.69, 9.17) is 17.0 Å². The Hall–Kier alpha value is -1.78. The lowest BCUT2D eigenvalue weighted by Gasteiger charge is -2.26. The van der Waals surface area contributed by atoms with Crippen LogP contribution in [0.4, 0.5) is 0 Å². The molecule has 130 valence electrons. The Bertz CT molecular complexity index is 740. The highest BCUT2D eigenvalue weighted by Gasteiger charge is 2.32. The first kappa shape index (κ1) is 18.0. The molecule has 1 atom stereocenters. The first-order chi connectivity index (χ1) is 12.2. The van der Waals surface area contributed by atoms with Gasteiger partial charge in [0.05, 0.1) is 13.2 Å². The highest BCUT2D eigenvalue weighted by Crippen LogP contribution is 2.40. The van der Waals surface area contributed by atoms with Crippen LogP contribution < -0.4 is 4.74 Å². The third-order valence-electron chi connectivity index (χ3n) is 4.33. The first-order valence-corrected chi connectivity index (χ1v) is 9.81. The van der Waals surface area contributed by atoms with E-state index >= 15 is 0 Å². The monoisotopic (exact) mass is 369 g/mol. The number of thioether (sulfide) groups is 1. The van der Waals surface area contributed by atoms with Crippen LogP contribution in [0.5, 0.6) is 5.75 Å². The van der Waals surface area contributed by atoms with E-state index in [0.29, 0.717) is 6.04 Å². The Balaban J connectivity index is 1.82. The van der Waals surface area contributed by atoms with Crippen LogP contribution in [0.15, 0.2) is 59.5 Å². The van der Waals surface area contributed by atoms with E-state index in [-0.39, 0.29) is 0 Å². The van der Waals surface area contributed by atoms with Crippen molar-refractivity contribution in [3.63, 3.8) is 0 Å². The minimum Gasteiger partial charge on any atom is -0.497 e. The predicted octanol–water partition coefficient (Wildman–Crippen LogP) is 5.74. The Morgan fingerprint density at radius 2 is 1.84 bits per heavy atom. The summed E-state index contributed by atoms with van der Waals surface area (Å²) in [6.07, 6.45) is 4.53. The molecule has 0 bridgehead atoms. The standard InChI is InChI=1S/C21H23NOS2/c1-3-7-19-20(14-16-8-5-4-6-9-16)25-21(24)22(19)15-17-10-12-18(23-2)13-11-17/h4-6,8-14,19H,3,7,15H2,1-2H3/b20-14-. The van der Waals surface area contributed by atoms with Gasteiger partial charge in [-0.05, 0) is 35.8 Å². The molecule has 3 rings (SSSR count). The molecule has 2 aromatic carbocycles. The van der Waals surface area contributed by atoms with Gasteiger partial charge < -0.3 is 9.64 Å². The highest BCUT2D eigenvalue weighted by molar-refractivity contribution is 8.26. The van der Waals surface area contributed by atoms with Crippen molar-refractivity contribution in [2.24, 2.45) is 0 Å². The van der Waals surface area contributed by atoms with Crippen molar-refractivity contribution in [2.75, 3.05) is 7.11 Å². The number of hydrogen-bond donors (Lipinski definition) is 0. The molecule has 0 radical (unpaired) electrons. The van der Waals surface area contributed by atoms with Crippen molar-refractivity contribution in [1.29, 1.82) is 0 Å². The molecule has 1 aliphatic heterocycles. The summed E-state index contributed by atoms with van der Waals surface area (Å²) in [5, 5.41) is 0. The Kier molecular flexibility index (Phi) is 6.16. The van der Waals surface area contributed by atoms with Gasteiger partial charge in [-0.3, -0.25) is 0 Å². The molecule has 0 N–H and O–H groups in total. The Morgan fingerprint density at radius 3 is 2.48 bits per heavy atom. The largest absolute Gasteiger partial charge is 0.497 e. The van der Waals surface area contributed by atoms with Crippen molar-refractivity contribution < 1.29 is 4.74 Å². The summed E-state index contributed by atoms with van der Waals surface area (Å²) in [6.45, 7) is 3.07. The molecule has 2 nitrogen and oxygen atoms in total. The van der Waals surface area contributed by atoms with E-state index in [2.05, 4.69) is 54.3 Å². The summed E-state index contributed by atoms with van der Waals surface area (Å²) in [4.78, 5) is 3.71. The summed E-state index contributed by atoms with van der Waals surface area (Å²) in [7, 11) is 1.69. The summed E-state index contributed by atoms with van der Waals surface area (Å²) >= 11 is 7.43. The van der Waals surface area contributed by atoms with E-state index in [1.165, 1.54) is 16.0 Å². The van der Waals surface area contributed by atoms with Gasteiger partial charge in [0.2, 0.25) is 0 Å². The maximum Gasteiger partial charge on any atom is 0.141 e. The van der Waals surface area contributed by atoms with Crippen LogP contribution in [0.1, 0.15) is 30.9 Å². The lowest BCUT2D eigenvalue weighted by Crippen LogP contribution is -2.31. The second kappa shape index (κ2) is 8.54. The average Bonchev–Trinajstić information content (AvgIpc) is 2.92. The number of rotatable bonds is 6. The second-order valence-corrected chi connectivity index (χ2v) is 7.81. The van der Waals surface area contributed by atoms with Crippen LogP contribution in [0.2, 0.25) is 0 Å². The molecule has 0 spiro atoms. The number of benzene rings is 2. The number of methoxy groups -OCH3 is 1. The molecule has 1 unspecified atom stereocenters. The molecule has 2 aromatic rings. The molecule has 25 heavy (non-hydrogen) atoms. The second-order valence-electron chi connectivity index (χ2n) is 6.11. The lowest BCUT2D eigenvalue weighted by atomic mass is 10.1. The molecular weight excluding hydrogens is 346 g/mol. The van der Waals surface area contributed by atoms with Gasteiger partial charge in [0, 0.05) is 11.4 Å². The van der Waals surface area contributed by atoms with Crippen molar-refractivity contribution in [3.05, 3.63) is 70.6 Å². The van der Waals surface area contributed by atoms with Gasteiger partial charge in [0.15, 0.2) is 0 Å². The van der Waals surface area contributed by atoms with Gasteiger partial charge in [0.1, 0.15) is 10.1 Å². The van der Waals surface area contributed by atoms with Crippen molar-refractivity contribution in [3.8, 4) is 5.75 Å². The molecule has 1 fully saturated rings. The van der Waals surface area contributed by atoms with E-state index in [0.717, 1.165) is 29.5 Å². The van der Waals surface area contributed by atoms with Crippen LogP contribution >= 0.6 is 24.0 Å². The molecule has 0 saturated carbocycles. The summed E-state index contributed by atoms with van der Waals surface area (Å²) in [5.74, 6) is 0.886. The Morgan fingerprint density at radius 1 is 1.12 bits per heavy atom. The minimum absolute atomic E-state index is 0.366. The number of thiocarbonyl (C=S) groups is 1. The lowest BCUT2D eigenvalue weighted by molar-refractivity contribution is 0.348. The van der Waals surface area contributed by atoms with E-state index in [9.17, 15) is 0 Å². The average molecular weight is 370 g/mol. The summed E-state index contributed by atoms with van der Waals surface area (Å²) < 4.78 is 6.22. The number of nitrogens with zero attached hydrogens (tertiary/aromatic N) is 1. The minimum atomic E-state index is 0.366. The van der Waals surface area contributed by atoms with Crippen molar-refractivity contribution >= 4 is 34.4 Å². The first-order valence-electron chi connectivity index (χ1n) is 8.59. The van der Waals surface area contributed by atoms with Gasteiger partial charge in [-0.1, -0.05) is 79.8 Å².